The van der Waals surface area contributed by atoms with Gasteiger partial charge in [0.25, 0.3) is 0 Å². The highest BCUT2D eigenvalue weighted by Gasteiger charge is 2.11. The quantitative estimate of drug-likeness (QED) is 0.431. The predicted molar refractivity (Wildman–Crippen MR) is 113 cm³/mol. The monoisotopic (exact) mass is 387 g/mol. The van der Waals surface area contributed by atoms with Crippen molar-refractivity contribution in [2.24, 2.45) is 10.9 Å². The predicted octanol–water partition coefficient (Wildman–Crippen LogP) is 2.60. The van der Waals surface area contributed by atoms with Crippen LogP contribution in [-0.2, 0) is 6.54 Å². The summed E-state index contributed by atoms with van der Waals surface area (Å²) in [6.45, 7) is 10.7. The number of nitrogens with one attached hydrogen (secondary N) is 2. The molecule has 7 nitrogen and oxygen atoms in total. The number of aliphatic hydroxyl groups excluding tert-OH is 1. The largest absolute Gasteiger partial charge is 0.491 e. The number of hydrogen-bond donors (Lipinski definition) is 3. The van der Waals surface area contributed by atoms with Gasteiger partial charge >= 0.3 is 0 Å². The van der Waals surface area contributed by atoms with E-state index in [4.69, 9.17) is 4.74 Å². The zero-order valence-electron chi connectivity index (χ0n) is 17.3. The summed E-state index contributed by atoms with van der Waals surface area (Å²) >= 11 is 0. The Kier molecular flexibility index (Phi) is 8.81. The smallest absolute Gasteiger partial charge is 0.191 e. The van der Waals surface area contributed by atoms with Gasteiger partial charge in [-0.1, -0.05) is 19.1 Å². The molecule has 28 heavy (non-hydrogen) atoms. The van der Waals surface area contributed by atoms with Crippen molar-refractivity contribution in [3.63, 3.8) is 0 Å². The molecule has 154 valence electrons. The van der Waals surface area contributed by atoms with Gasteiger partial charge < -0.3 is 20.5 Å². The third kappa shape index (κ3) is 7.60. The van der Waals surface area contributed by atoms with Crippen molar-refractivity contribution < 1.29 is 9.84 Å². The first-order chi connectivity index (χ1) is 13.5. The fraction of sp³-hybridized carbons (Fsp3) is 0.524. The molecule has 2 aromatic rings. The van der Waals surface area contributed by atoms with E-state index >= 15 is 0 Å². The molecule has 0 aliphatic carbocycles. The zero-order chi connectivity index (χ0) is 20.4. The van der Waals surface area contributed by atoms with Crippen LogP contribution in [0.2, 0.25) is 0 Å². The molecular formula is C21H33N5O2. The lowest BCUT2D eigenvalue weighted by Crippen LogP contribution is -2.39. The van der Waals surface area contributed by atoms with Gasteiger partial charge in [-0.25, -0.2) is 0 Å². The van der Waals surface area contributed by atoms with Crippen molar-refractivity contribution in [1.29, 1.82) is 0 Å². The third-order valence-electron chi connectivity index (χ3n) is 4.04. The second-order valence-electron chi connectivity index (χ2n) is 7.19. The van der Waals surface area contributed by atoms with E-state index in [-0.39, 0.29) is 6.10 Å². The Morgan fingerprint density at radius 2 is 2.07 bits per heavy atom. The fourth-order valence-corrected chi connectivity index (χ4v) is 2.75. The van der Waals surface area contributed by atoms with Crippen molar-refractivity contribution in [3.05, 3.63) is 48.3 Å². The number of ether oxygens (including phenoxy) is 1. The second-order valence-corrected chi connectivity index (χ2v) is 7.19. The Balaban J connectivity index is 1.89. The van der Waals surface area contributed by atoms with Crippen LogP contribution in [0.15, 0.2) is 47.7 Å². The molecule has 0 saturated carbocycles. The van der Waals surface area contributed by atoms with Gasteiger partial charge in [-0.05, 0) is 50.5 Å². The molecule has 0 spiro atoms. The highest BCUT2D eigenvalue weighted by Crippen LogP contribution is 2.19. The number of hydrogen-bond acceptors (Lipinski definition) is 4. The van der Waals surface area contributed by atoms with Crippen LogP contribution in [-0.4, -0.2) is 46.6 Å². The molecular weight excluding hydrogens is 354 g/mol. The van der Waals surface area contributed by atoms with Gasteiger partial charge in [0.05, 0.1) is 12.2 Å². The van der Waals surface area contributed by atoms with Crippen LogP contribution in [0.1, 0.15) is 39.4 Å². The molecule has 7 heteroatoms. The molecule has 0 aliphatic rings. The number of aliphatic imine (C=N–C) groups is 1. The Bertz CT molecular complexity index is 715. The number of rotatable bonds is 10. The van der Waals surface area contributed by atoms with E-state index in [9.17, 15) is 5.11 Å². The molecule has 0 bridgehead atoms. The maximum atomic E-state index is 10.5. The van der Waals surface area contributed by atoms with Gasteiger partial charge in [0.15, 0.2) is 5.96 Å². The summed E-state index contributed by atoms with van der Waals surface area (Å²) in [5.41, 5.74) is 0.813. The first-order valence-electron chi connectivity index (χ1n) is 9.92. The number of nitrogens with zero attached hydrogens (tertiary/aromatic N) is 3. The normalized spacial score (nSPS) is 14.0. The van der Waals surface area contributed by atoms with Gasteiger partial charge in [-0.2, -0.15) is 5.10 Å². The van der Waals surface area contributed by atoms with Crippen LogP contribution >= 0.6 is 0 Å². The number of aliphatic hydroxyl groups is 1. The van der Waals surface area contributed by atoms with Crippen LogP contribution in [0.4, 0.5) is 0 Å². The summed E-state index contributed by atoms with van der Waals surface area (Å²) < 4.78 is 7.62. The van der Waals surface area contributed by atoms with Gasteiger partial charge in [0, 0.05) is 38.6 Å². The van der Waals surface area contributed by atoms with Crippen LogP contribution in [0.3, 0.4) is 0 Å². The minimum Gasteiger partial charge on any atom is -0.491 e. The SMILES string of the molecule is CCNC(=NCC(C)Cn1cccn1)NCC(O)c1cccc(OC(C)C)c1. The molecule has 0 aliphatic heterocycles. The topological polar surface area (TPSA) is 83.7 Å². The lowest BCUT2D eigenvalue weighted by atomic mass is 10.1. The zero-order valence-corrected chi connectivity index (χ0v) is 17.3. The van der Waals surface area contributed by atoms with Crippen molar-refractivity contribution in [2.75, 3.05) is 19.6 Å². The Hall–Kier alpha value is -2.54. The molecule has 0 radical (unpaired) electrons. The molecule has 1 aromatic carbocycles. The molecule has 3 N–H and O–H groups in total. The highest BCUT2D eigenvalue weighted by atomic mass is 16.5. The van der Waals surface area contributed by atoms with E-state index in [1.807, 2.05) is 62.0 Å². The Morgan fingerprint density at radius 3 is 2.75 bits per heavy atom. The highest BCUT2D eigenvalue weighted by molar-refractivity contribution is 5.79. The standard InChI is InChI=1S/C21H33N5O2/c1-5-22-21(23-13-17(4)15-26-11-7-10-25-26)24-14-20(27)18-8-6-9-19(12-18)28-16(2)3/h6-12,16-17,20,27H,5,13-15H2,1-4H3,(H2,22,23,24). The average Bonchev–Trinajstić information content (AvgIpc) is 3.16. The summed E-state index contributed by atoms with van der Waals surface area (Å²) in [6, 6.07) is 9.49. The van der Waals surface area contributed by atoms with E-state index in [0.29, 0.717) is 25.0 Å². The fourth-order valence-electron chi connectivity index (χ4n) is 2.75. The maximum absolute atomic E-state index is 10.5. The first kappa shape index (κ1) is 21.8. The Morgan fingerprint density at radius 1 is 1.25 bits per heavy atom. The van der Waals surface area contributed by atoms with Gasteiger partial charge in [0.1, 0.15) is 5.75 Å². The summed E-state index contributed by atoms with van der Waals surface area (Å²) in [6.07, 6.45) is 3.18. The van der Waals surface area contributed by atoms with Crippen LogP contribution < -0.4 is 15.4 Å². The third-order valence-corrected chi connectivity index (χ3v) is 4.04. The average molecular weight is 388 g/mol. The molecule has 0 fully saturated rings. The number of guanidine groups is 1. The summed E-state index contributed by atoms with van der Waals surface area (Å²) in [5, 5.41) is 21.2. The van der Waals surface area contributed by atoms with Crippen LogP contribution in [0.25, 0.3) is 0 Å². The number of benzene rings is 1. The van der Waals surface area contributed by atoms with E-state index in [1.54, 1.807) is 6.20 Å². The van der Waals surface area contributed by atoms with Gasteiger partial charge in [-0.15, -0.1) is 0 Å². The minimum atomic E-state index is -0.652. The summed E-state index contributed by atoms with van der Waals surface area (Å²) in [5.74, 6) is 1.81. The van der Waals surface area contributed by atoms with Crippen molar-refractivity contribution in [3.8, 4) is 5.75 Å². The molecule has 2 rings (SSSR count). The van der Waals surface area contributed by atoms with E-state index in [1.165, 1.54) is 0 Å². The molecule has 1 heterocycles. The van der Waals surface area contributed by atoms with Crippen LogP contribution in [0, 0.1) is 5.92 Å². The van der Waals surface area contributed by atoms with Crippen molar-refractivity contribution in [2.45, 2.75) is 46.4 Å². The molecule has 0 amide bonds. The van der Waals surface area contributed by atoms with E-state index < -0.39 is 6.10 Å². The first-order valence-corrected chi connectivity index (χ1v) is 9.92. The Labute approximate surface area is 167 Å². The van der Waals surface area contributed by atoms with Crippen molar-refractivity contribution >= 4 is 5.96 Å². The molecule has 2 unspecified atom stereocenters. The molecule has 1 aromatic heterocycles. The maximum Gasteiger partial charge on any atom is 0.191 e. The van der Waals surface area contributed by atoms with Gasteiger partial charge in [-0.3, -0.25) is 9.67 Å². The van der Waals surface area contributed by atoms with Crippen molar-refractivity contribution in [1.82, 2.24) is 20.4 Å². The van der Waals surface area contributed by atoms with E-state index in [0.717, 1.165) is 24.4 Å². The summed E-state index contributed by atoms with van der Waals surface area (Å²) in [7, 11) is 0. The number of aromatic nitrogens is 2. The minimum absolute atomic E-state index is 0.0988. The van der Waals surface area contributed by atoms with Crippen LogP contribution in [0.5, 0.6) is 5.75 Å². The lowest BCUT2D eigenvalue weighted by molar-refractivity contribution is 0.179. The molecule has 2 atom stereocenters. The van der Waals surface area contributed by atoms with Gasteiger partial charge in [0.2, 0.25) is 0 Å². The second kappa shape index (κ2) is 11.3. The van der Waals surface area contributed by atoms with E-state index in [2.05, 4.69) is 27.6 Å². The summed E-state index contributed by atoms with van der Waals surface area (Å²) in [4.78, 5) is 4.63. The molecule has 0 saturated heterocycles. The lowest BCUT2D eigenvalue weighted by Gasteiger charge is -2.17.